The molecule has 2 aliphatic rings. The Balaban J connectivity index is 1.52. The fourth-order valence-corrected chi connectivity index (χ4v) is 7.31. The van der Waals surface area contributed by atoms with E-state index in [0.29, 0.717) is 19.3 Å². The van der Waals surface area contributed by atoms with Crippen LogP contribution in [0.25, 0.3) is 22.3 Å². The lowest BCUT2D eigenvalue weighted by atomic mass is 9.64. The van der Waals surface area contributed by atoms with E-state index < -0.39 is 0 Å². The molecule has 2 nitrogen and oxygen atoms in total. The molecule has 186 valence electrons. The minimum absolute atomic E-state index is 0.214. The molecule has 0 saturated carbocycles. The second-order valence-corrected chi connectivity index (χ2v) is 11.0. The number of carbonyl (C=O) groups is 2. The van der Waals surface area contributed by atoms with E-state index in [1.54, 1.807) is 6.92 Å². The van der Waals surface area contributed by atoms with Crippen molar-refractivity contribution in [1.82, 2.24) is 0 Å². The van der Waals surface area contributed by atoms with Gasteiger partial charge < -0.3 is 9.59 Å². The standard InChI is InChI=1S/C35H31BO2/c1-24(37)18-20-34(29-14-6-2-10-25(29)26-11-3-7-15-30(26)34)22-23-35(21-19-33(36)38)31-16-8-4-12-27(31)28-13-5-9-17-32(28)35/h2-17H,18-23H2,1H3. The predicted octanol–water partition coefficient (Wildman–Crippen LogP) is 7.54. The van der Waals surface area contributed by atoms with Gasteiger partial charge in [-0.2, -0.15) is 0 Å². The summed E-state index contributed by atoms with van der Waals surface area (Å²) in [4.78, 5) is 24.5. The Morgan fingerprint density at radius 3 is 1.16 bits per heavy atom. The summed E-state index contributed by atoms with van der Waals surface area (Å²) in [6.07, 6.45) is 4.03. The quantitative estimate of drug-likeness (QED) is 0.225. The molecule has 3 heteroatoms. The molecule has 6 rings (SSSR count). The van der Waals surface area contributed by atoms with Crippen LogP contribution in [0.5, 0.6) is 0 Å². The summed E-state index contributed by atoms with van der Waals surface area (Å²) in [5, 5.41) is 0. The maximum absolute atomic E-state index is 12.3. The molecular weight excluding hydrogens is 463 g/mol. The summed E-state index contributed by atoms with van der Waals surface area (Å²) in [6, 6.07) is 34.7. The minimum atomic E-state index is -0.322. The van der Waals surface area contributed by atoms with E-state index >= 15 is 0 Å². The van der Waals surface area contributed by atoms with Gasteiger partial charge in [-0.25, -0.2) is 0 Å². The van der Waals surface area contributed by atoms with Crippen LogP contribution in [0.4, 0.5) is 0 Å². The van der Waals surface area contributed by atoms with Crippen molar-refractivity contribution in [3.05, 3.63) is 119 Å². The Morgan fingerprint density at radius 1 is 0.526 bits per heavy atom. The number of hydrogen-bond acceptors (Lipinski definition) is 2. The maximum atomic E-state index is 12.3. The summed E-state index contributed by atoms with van der Waals surface area (Å²) in [6.45, 7) is 1.69. The molecule has 4 aromatic rings. The summed E-state index contributed by atoms with van der Waals surface area (Å²) in [5.74, 6) is 0.214. The smallest absolute Gasteiger partial charge is 0.167 e. The highest BCUT2D eigenvalue weighted by Gasteiger charge is 2.48. The van der Waals surface area contributed by atoms with Crippen LogP contribution in [0, 0.1) is 0 Å². The fourth-order valence-electron chi connectivity index (χ4n) is 7.31. The van der Waals surface area contributed by atoms with E-state index in [2.05, 4.69) is 97.1 Å². The van der Waals surface area contributed by atoms with Gasteiger partial charge in [0.1, 0.15) is 5.78 Å². The Bertz CT molecular complexity index is 1340. The number of rotatable bonds is 9. The molecular formula is C35H31BO2. The van der Waals surface area contributed by atoms with Gasteiger partial charge in [0.15, 0.2) is 7.85 Å². The van der Waals surface area contributed by atoms with Crippen LogP contribution in [0.1, 0.15) is 67.7 Å². The molecule has 0 aliphatic heterocycles. The van der Waals surface area contributed by atoms with Gasteiger partial charge in [0, 0.05) is 17.3 Å². The van der Waals surface area contributed by atoms with Gasteiger partial charge in [-0.1, -0.05) is 97.1 Å². The van der Waals surface area contributed by atoms with Crippen LogP contribution >= 0.6 is 0 Å². The zero-order chi connectivity index (χ0) is 26.3. The van der Waals surface area contributed by atoms with Crippen LogP contribution in [0.2, 0.25) is 0 Å². The molecule has 0 N–H and O–H groups in total. The molecule has 0 heterocycles. The van der Waals surface area contributed by atoms with Crippen molar-refractivity contribution in [2.75, 3.05) is 0 Å². The van der Waals surface area contributed by atoms with Crippen LogP contribution in [-0.4, -0.2) is 19.3 Å². The zero-order valence-electron chi connectivity index (χ0n) is 21.9. The third kappa shape index (κ3) is 3.79. The van der Waals surface area contributed by atoms with Crippen LogP contribution < -0.4 is 0 Å². The van der Waals surface area contributed by atoms with E-state index in [1.165, 1.54) is 44.5 Å². The molecule has 38 heavy (non-hydrogen) atoms. The van der Waals surface area contributed by atoms with Gasteiger partial charge in [0.05, 0.1) is 5.68 Å². The van der Waals surface area contributed by atoms with E-state index in [0.717, 1.165) is 19.3 Å². The molecule has 0 atom stereocenters. The van der Waals surface area contributed by atoms with Crippen molar-refractivity contribution in [2.24, 2.45) is 0 Å². The third-order valence-corrected chi connectivity index (χ3v) is 9.03. The monoisotopic (exact) mass is 494 g/mol. The van der Waals surface area contributed by atoms with Crippen molar-refractivity contribution >= 4 is 19.3 Å². The number of Topliss-reactive ketones (excluding diaryl/α,β-unsaturated/α-hetero) is 1. The number of hydrogen-bond donors (Lipinski definition) is 0. The normalized spacial score (nSPS) is 15.3. The van der Waals surface area contributed by atoms with Gasteiger partial charge in [-0.3, -0.25) is 0 Å². The molecule has 0 spiro atoms. The first-order valence-electron chi connectivity index (χ1n) is 13.6. The summed E-state index contributed by atoms with van der Waals surface area (Å²) in [5.41, 5.74) is 9.36. The van der Waals surface area contributed by atoms with Crippen molar-refractivity contribution in [3.8, 4) is 22.3 Å². The topological polar surface area (TPSA) is 34.1 Å². The number of fused-ring (bicyclic) bond motifs is 6. The van der Waals surface area contributed by atoms with E-state index in [4.69, 9.17) is 7.85 Å². The van der Waals surface area contributed by atoms with Crippen LogP contribution in [0.15, 0.2) is 97.1 Å². The van der Waals surface area contributed by atoms with E-state index in [-0.39, 0.29) is 22.3 Å². The van der Waals surface area contributed by atoms with Gasteiger partial charge >= 0.3 is 0 Å². The van der Waals surface area contributed by atoms with Gasteiger partial charge in [0.25, 0.3) is 0 Å². The molecule has 2 radical (unpaired) electrons. The van der Waals surface area contributed by atoms with Gasteiger partial charge in [-0.15, -0.1) is 0 Å². The molecule has 2 aliphatic carbocycles. The van der Waals surface area contributed by atoms with E-state index in [9.17, 15) is 9.59 Å². The lowest BCUT2D eigenvalue weighted by Gasteiger charge is -2.39. The molecule has 0 fully saturated rings. The zero-order valence-corrected chi connectivity index (χ0v) is 21.9. The highest BCUT2D eigenvalue weighted by atomic mass is 16.1. The van der Waals surface area contributed by atoms with Gasteiger partial charge in [-0.05, 0) is 83.5 Å². The highest BCUT2D eigenvalue weighted by molar-refractivity contribution is 6.57. The van der Waals surface area contributed by atoms with Crippen LogP contribution in [0.3, 0.4) is 0 Å². The third-order valence-electron chi connectivity index (χ3n) is 9.03. The SMILES string of the molecule is [B]C(=O)CCC1(CCC2(CCC(C)=O)c3ccccc3-c3ccccc32)c2ccccc2-c2ccccc21. The van der Waals surface area contributed by atoms with Crippen molar-refractivity contribution in [1.29, 1.82) is 0 Å². The Kier molecular flexibility index (Phi) is 6.18. The Hall–Kier alpha value is -3.72. The lowest BCUT2D eigenvalue weighted by molar-refractivity contribution is -0.117. The average Bonchev–Trinajstić information content (AvgIpc) is 3.38. The molecule has 4 aromatic carbocycles. The molecule has 0 bridgehead atoms. The minimum Gasteiger partial charge on any atom is -0.313 e. The molecule has 0 amide bonds. The number of carbonyl (C=O) groups excluding carboxylic acids is 2. The Labute approximate surface area is 226 Å². The van der Waals surface area contributed by atoms with Gasteiger partial charge in [0.2, 0.25) is 0 Å². The van der Waals surface area contributed by atoms with Crippen molar-refractivity contribution < 1.29 is 9.59 Å². The van der Waals surface area contributed by atoms with Crippen LogP contribution in [-0.2, 0) is 20.4 Å². The summed E-state index contributed by atoms with van der Waals surface area (Å²) >= 11 is 0. The largest absolute Gasteiger partial charge is 0.313 e. The highest BCUT2D eigenvalue weighted by Crippen LogP contribution is 2.58. The number of ketones is 1. The summed E-state index contributed by atoms with van der Waals surface area (Å²) < 4.78 is 0. The first-order chi connectivity index (χ1) is 18.5. The Morgan fingerprint density at radius 2 is 0.842 bits per heavy atom. The maximum Gasteiger partial charge on any atom is 0.167 e. The molecule has 0 unspecified atom stereocenters. The first-order valence-corrected chi connectivity index (χ1v) is 13.6. The second kappa shape index (κ2) is 9.55. The molecule has 0 saturated heterocycles. The van der Waals surface area contributed by atoms with E-state index in [1.807, 2.05) is 0 Å². The second-order valence-electron chi connectivity index (χ2n) is 11.0. The first kappa shape index (κ1) is 24.6. The van der Waals surface area contributed by atoms with Crippen molar-refractivity contribution in [3.63, 3.8) is 0 Å². The number of benzene rings is 4. The molecule has 0 aromatic heterocycles. The lowest BCUT2D eigenvalue weighted by Crippen LogP contribution is -2.33. The fraction of sp³-hybridized carbons (Fsp3) is 0.257. The predicted molar refractivity (Wildman–Crippen MR) is 154 cm³/mol. The van der Waals surface area contributed by atoms with Crippen molar-refractivity contribution in [2.45, 2.75) is 56.3 Å². The average molecular weight is 494 g/mol. The summed E-state index contributed by atoms with van der Waals surface area (Å²) in [7, 11) is 5.74.